The Morgan fingerprint density at radius 2 is 2.00 bits per heavy atom. The van der Waals surface area contributed by atoms with E-state index in [2.05, 4.69) is 28.9 Å². The number of halogens is 1. The number of rotatable bonds is 4. The Kier molecular flexibility index (Phi) is 3.65. The van der Waals surface area contributed by atoms with Crippen molar-refractivity contribution in [3.8, 4) is 0 Å². The summed E-state index contributed by atoms with van der Waals surface area (Å²) in [5.41, 5.74) is 0.736. The Bertz CT molecular complexity index is 1230. The monoisotopic (exact) mass is 431 g/mol. The minimum atomic E-state index is -2.78. The molecule has 9 heteroatoms. The van der Waals surface area contributed by atoms with Crippen molar-refractivity contribution in [3.63, 3.8) is 0 Å². The third-order valence-electron chi connectivity index (χ3n) is 6.78. The molecule has 0 amide bonds. The number of aromatic nitrogens is 2. The Hall–Kier alpha value is -1.97. The number of piperazine rings is 1. The van der Waals surface area contributed by atoms with Gasteiger partial charge in [0, 0.05) is 48.6 Å². The first kappa shape index (κ1) is 18.8. The first-order chi connectivity index (χ1) is 14.2. The molecule has 0 bridgehead atoms. The van der Waals surface area contributed by atoms with Crippen molar-refractivity contribution >= 4 is 31.6 Å². The lowest BCUT2D eigenvalue weighted by Gasteiger charge is -2.38. The van der Waals surface area contributed by atoms with E-state index in [1.54, 1.807) is 16.8 Å². The van der Waals surface area contributed by atoms with Gasteiger partial charge in [-0.2, -0.15) is 0 Å². The third-order valence-corrected chi connectivity index (χ3v) is 9.71. The number of imidazole rings is 1. The quantitative estimate of drug-likeness (QED) is 0.570. The maximum absolute atomic E-state index is 16.0. The smallest absolute Gasteiger partial charge is 0.201 e. The SMILES string of the molecule is C[C@H]1CN(c2c(F)c(S3(=O)=C4CC4(C)N3)cn3c(C(=O)C4CC4)ncc23)C[C@H](C)N1. The molecule has 4 heterocycles. The van der Waals surface area contributed by atoms with Gasteiger partial charge in [-0.3, -0.25) is 9.20 Å². The maximum atomic E-state index is 16.0. The summed E-state index contributed by atoms with van der Waals surface area (Å²) in [5, 5.41) is 3.47. The van der Waals surface area contributed by atoms with Gasteiger partial charge in [0.05, 0.1) is 31.9 Å². The summed E-state index contributed by atoms with van der Waals surface area (Å²) < 4.78 is 34.5. The number of hydrogen-bond donors (Lipinski definition) is 2. The summed E-state index contributed by atoms with van der Waals surface area (Å²) in [4.78, 5) is 20.2. The topological polar surface area (TPSA) is 78.7 Å². The average Bonchev–Trinajstić information content (AvgIpc) is 3.56. The van der Waals surface area contributed by atoms with Gasteiger partial charge in [0.2, 0.25) is 5.78 Å². The van der Waals surface area contributed by atoms with Crippen LogP contribution in [0.15, 0.2) is 17.3 Å². The van der Waals surface area contributed by atoms with Gasteiger partial charge < -0.3 is 10.2 Å². The van der Waals surface area contributed by atoms with Gasteiger partial charge in [-0.15, -0.1) is 0 Å². The number of Topliss-reactive ketones (excluding diaryl/α,β-unsaturated/α-hetero) is 1. The van der Waals surface area contributed by atoms with E-state index in [-0.39, 0.29) is 34.2 Å². The van der Waals surface area contributed by atoms with Crippen LogP contribution in [0.25, 0.3) is 5.52 Å². The Morgan fingerprint density at radius 3 is 2.57 bits per heavy atom. The van der Waals surface area contributed by atoms with E-state index in [0.29, 0.717) is 36.5 Å². The molecule has 2 aromatic heterocycles. The summed E-state index contributed by atoms with van der Waals surface area (Å²) in [5.74, 6) is -0.158. The van der Waals surface area contributed by atoms with Gasteiger partial charge in [-0.1, -0.05) is 0 Å². The number of fused-ring (bicyclic) bond motifs is 2. The summed E-state index contributed by atoms with van der Waals surface area (Å²) >= 11 is 0. The van der Waals surface area contributed by atoms with Crippen molar-refractivity contribution in [3.05, 3.63) is 24.0 Å². The highest BCUT2D eigenvalue weighted by atomic mass is 32.2. The molecule has 6 rings (SSSR count). The van der Waals surface area contributed by atoms with Crippen LogP contribution in [-0.2, 0) is 9.71 Å². The molecular formula is C21H26FN5O2S. The van der Waals surface area contributed by atoms with E-state index < -0.39 is 15.5 Å². The molecule has 2 unspecified atom stereocenters. The third kappa shape index (κ3) is 2.48. The molecule has 2 aromatic rings. The molecule has 160 valence electrons. The van der Waals surface area contributed by atoms with Crippen LogP contribution in [0.1, 0.15) is 50.7 Å². The van der Waals surface area contributed by atoms with E-state index in [9.17, 15) is 9.00 Å². The first-order valence-corrected chi connectivity index (χ1v) is 12.2. The molecule has 4 aliphatic rings. The molecule has 0 spiro atoms. The second-order valence-electron chi connectivity index (χ2n) is 9.60. The summed E-state index contributed by atoms with van der Waals surface area (Å²) in [6.45, 7) is 7.38. The van der Waals surface area contributed by atoms with Gasteiger partial charge in [-0.05, 0) is 33.6 Å². The molecule has 0 radical (unpaired) electrons. The van der Waals surface area contributed by atoms with E-state index >= 15 is 4.39 Å². The van der Waals surface area contributed by atoms with Crippen molar-refractivity contribution in [1.29, 1.82) is 0 Å². The minimum absolute atomic E-state index is 0.00303. The number of anilines is 1. The number of carbonyl (C=O) groups excluding carboxylic acids is 1. The van der Waals surface area contributed by atoms with Gasteiger partial charge in [-0.25, -0.2) is 18.3 Å². The van der Waals surface area contributed by atoms with Crippen molar-refractivity contribution in [1.82, 2.24) is 19.4 Å². The largest absolute Gasteiger partial charge is 0.364 e. The number of pyridine rings is 1. The van der Waals surface area contributed by atoms with E-state index in [1.165, 1.54) is 0 Å². The molecule has 2 aliphatic heterocycles. The van der Waals surface area contributed by atoms with Gasteiger partial charge in [0.15, 0.2) is 11.6 Å². The average molecular weight is 432 g/mol. The standard InChI is InChI=1S/C21H26FN5O2S/c1-11-8-26(9-12(2)24-11)18-14-7-23-20(19(28)13-4-5-13)27(14)10-15(17(18)22)30(29)16-6-21(16,3)25-30/h7,10-13,24H,4-6,8-9H2,1-3H3,(H,25,29)/t11-,12-,21?,30?/m0/s1. The molecule has 4 atom stereocenters. The normalized spacial score (nSPS) is 35.3. The summed E-state index contributed by atoms with van der Waals surface area (Å²) in [6.07, 6.45) is 5.58. The Balaban J connectivity index is 1.60. The van der Waals surface area contributed by atoms with Gasteiger partial charge >= 0.3 is 0 Å². The van der Waals surface area contributed by atoms with Crippen LogP contribution in [0.5, 0.6) is 0 Å². The number of nitrogens with one attached hydrogen (secondary N) is 2. The Labute approximate surface area is 175 Å². The summed E-state index contributed by atoms with van der Waals surface area (Å²) in [6, 6.07) is 0.368. The van der Waals surface area contributed by atoms with Crippen molar-refractivity contribution < 1.29 is 13.4 Å². The van der Waals surface area contributed by atoms with Crippen LogP contribution in [0, 0.1) is 11.7 Å². The molecule has 7 nitrogen and oxygen atoms in total. The van der Waals surface area contributed by atoms with Crippen LogP contribution in [0.3, 0.4) is 0 Å². The predicted octanol–water partition coefficient (Wildman–Crippen LogP) is 1.75. The molecule has 30 heavy (non-hydrogen) atoms. The Morgan fingerprint density at radius 1 is 1.30 bits per heavy atom. The molecule has 3 fully saturated rings. The fraction of sp³-hybridized carbons (Fsp3) is 0.571. The highest BCUT2D eigenvalue weighted by molar-refractivity contribution is 8.03. The zero-order valence-electron chi connectivity index (χ0n) is 17.4. The predicted molar refractivity (Wildman–Crippen MR) is 114 cm³/mol. The van der Waals surface area contributed by atoms with Crippen LogP contribution < -0.4 is 14.9 Å². The number of hydrogen-bond acceptors (Lipinski definition) is 5. The summed E-state index contributed by atoms with van der Waals surface area (Å²) in [7, 11) is -2.78. The van der Waals surface area contributed by atoms with Gasteiger partial charge in [0.1, 0.15) is 5.69 Å². The molecule has 0 aromatic carbocycles. The molecule has 1 saturated heterocycles. The fourth-order valence-electron chi connectivity index (χ4n) is 5.10. The van der Waals surface area contributed by atoms with Crippen LogP contribution in [0.4, 0.5) is 10.1 Å². The van der Waals surface area contributed by atoms with Crippen LogP contribution in [0.2, 0.25) is 0 Å². The second kappa shape index (κ2) is 5.83. The highest BCUT2D eigenvalue weighted by Gasteiger charge is 2.60. The van der Waals surface area contributed by atoms with Crippen molar-refractivity contribution in [2.24, 2.45) is 5.92 Å². The number of ketones is 1. The van der Waals surface area contributed by atoms with E-state index in [0.717, 1.165) is 17.7 Å². The number of nitrogens with zero attached hydrogens (tertiary/aromatic N) is 3. The molecule has 2 saturated carbocycles. The van der Waals surface area contributed by atoms with E-state index in [4.69, 9.17) is 0 Å². The van der Waals surface area contributed by atoms with Crippen LogP contribution >= 0.6 is 0 Å². The highest BCUT2D eigenvalue weighted by Crippen LogP contribution is 2.46. The molecule has 2 N–H and O–H groups in total. The minimum Gasteiger partial charge on any atom is -0.364 e. The lowest BCUT2D eigenvalue weighted by Crippen LogP contribution is -2.54. The lowest BCUT2D eigenvalue weighted by molar-refractivity contribution is 0.0956. The maximum Gasteiger partial charge on any atom is 0.201 e. The first-order valence-electron chi connectivity index (χ1n) is 10.7. The molecule has 2 aliphatic carbocycles. The van der Waals surface area contributed by atoms with E-state index in [1.807, 2.05) is 11.8 Å². The lowest BCUT2D eigenvalue weighted by atomic mass is 10.1. The number of carbonyl (C=O) groups is 1. The molecular weight excluding hydrogens is 405 g/mol. The zero-order chi connectivity index (χ0) is 21.0. The van der Waals surface area contributed by atoms with Crippen molar-refractivity contribution in [2.75, 3.05) is 18.0 Å². The van der Waals surface area contributed by atoms with Gasteiger partial charge in [0.25, 0.3) is 0 Å². The van der Waals surface area contributed by atoms with Crippen molar-refractivity contribution in [2.45, 2.75) is 62.6 Å². The zero-order valence-corrected chi connectivity index (χ0v) is 18.2. The van der Waals surface area contributed by atoms with Crippen LogP contribution in [-0.4, -0.2) is 55.0 Å². The second-order valence-corrected chi connectivity index (χ2v) is 11.8. The fourth-order valence-corrected chi connectivity index (χ4v) is 8.06.